The van der Waals surface area contributed by atoms with E-state index in [0.29, 0.717) is 0 Å². The van der Waals surface area contributed by atoms with E-state index in [0.717, 1.165) is 12.1 Å². The maximum Gasteiger partial charge on any atom is 0.271 e. The molecule has 0 aliphatic heterocycles. The van der Waals surface area contributed by atoms with Gasteiger partial charge in [0.15, 0.2) is 0 Å². The number of hydrogen-bond donors (Lipinski definition) is 0. The van der Waals surface area contributed by atoms with Crippen molar-refractivity contribution in [2.45, 2.75) is 0 Å². The molecule has 14 heavy (non-hydrogen) atoms. The SMILES string of the molecule is O=C(Cl)c1cc([N+](=O)[O-])cc(Cl)c1Br. The summed E-state index contributed by atoms with van der Waals surface area (Å²) >= 11 is 13.9. The second kappa shape index (κ2) is 4.25. The second-order valence-electron chi connectivity index (χ2n) is 2.32. The van der Waals surface area contributed by atoms with Gasteiger partial charge in [0.05, 0.1) is 15.5 Å². The Morgan fingerprint density at radius 2 is 2.07 bits per heavy atom. The molecule has 1 rings (SSSR count). The van der Waals surface area contributed by atoms with Crippen LogP contribution in [-0.2, 0) is 0 Å². The van der Waals surface area contributed by atoms with Crippen LogP contribution in [0.5, 0.6) is 0 Å². The number of nitro benzene ring substituents is 1. The Bertz CT molecular complexity index is 422. The summed E-state index contributed by atoms with van der Waals surface area (Å²) in [7, 11) is 0. The second-order valence-corrected chi connectivity index (χ2v) is 3.86. The molecule has 0 spiro atoms. The molecule has 1 aromatic carbocycles. The zero-order valence-electron chi connectivity index (χ0n) is 6.46. The fourth-order valence-electron chi connectivity index (χ4n) is 0.823. The number of carbonyl (C=O) groups is 1. The highest BCUT2D eigenvalue weighted by molar-refractivity contribution is 9.10. The summed E-state index contributed by atoms with van der Waals surface area (Å²) in [5.41, 5.74) is -0.298. The van der Waals surface area contributed by atoms with Gasteiger partial charge in [-0.05, 0) is 27.5 Å². The van der Waals surface area contributed by atoms with Gasteiger partial charge in [0.2, 0.25) is 0 Å². The number of hydrogen-bond acceptors (Lipinski definition) is 3. The lowest BCUT2D eigenvalue weighted by atomic mass is 10.2. The standard InChI is InChI=1S/C7H2BrCl2NO3/c8-6-4(7(10)12)1-3(11(13)14)2-5(6)9/h1-2H. The summed E-state index contributed by atoms with van der Waals surface area (Å²) in [5.74, 6) is 0. The van der Waals surface area contributed by atoms with Crippen molar-refractivity contribution in [2.24, 2.45) is 0 Å². The monoisotopic (exact) mass is 297 g/mol. The number of non-ortho nitro benzene ring substituents is 1. The molecule has 0 aliphatic rings. The summed E-state index contributed by atoms with van der Waals surface area (Å²) in [6, 6.07) is 2.19. The molecular weight excluding hydrogens is 297 g/mol. The fraction of sp³-hybridized carbons (Fsp3) is 0. The van der Waals surface area contributed by atoms with Crippen molar-refractivity contribution in [3.05, 3.63) is 37.3 Å². The van der Waals surface area contributed by atoms with Gasteiger partial charge in [0, 0.05) is 16.6 Å². The molecule has 0 N–H and O–H groups in total. The van der Waals surface area contributed by atoms with Crippen LogP contribution in [0.1, 0.15) is 10.4 Å². The van der Waals surface area contributed by atoms with E-state index in [-0.39, 0.29) is 20.7 Å². The first-order valence-corrected chi connectivity index (χ1v) is 4.81. The molecule has 0 saturated carbocycles. The summed E-state index contributed by atoms with van der Waals surface area (Å²) in [4.78, 5) is 20.6. The largest absolute Gasteiger partial charge is 0.276 e. The third-order valence-electron chi connectivity index (χ3n) is 1.44. The molecule has 0 aliphatic carbocycles. The lowest BCUT2D eigenvalue weighted by Gasteiger charge is -2.01. The van der Waals surface area contributed by atoms with Crippen molar-refractivity contribution in [1.82, 2.24) is 0 Å². The Kier molecular flexibility index (Phi) is 3.47. The molecule has 0 radical (unpaired) electrons. The van der Waals surface area contributed by atoms with E-state index < -0.39 is 10.2 Å². The quantitative estimate of drug-likeness (QED) is 0.478. The minimum absolute atomic E-state index is 0.0223. The Balaban J connectivity index is 3.43. The van der Waals surface area contributed by atoms with Gasteiger partial charge in [0.25, 0.3) is 10.9 Å². The van der Waals surface area contributed by atoms with Crippen molar-refractivity contribution >= 4 is 50.1 Å². The molecule has 0 heterocycles. The average molecular weight is 299 g/mol. The van der Waals surface area contributed by atoms with Crippen LogP contribution in [0, 0.1) is 10.1 Å². The molecular formula is C7H2BrCl2NO3. The molecule has 0 saturated heterocycles. The Morgan fingerprint density at radius 1 is 1.50 bits per heavy atom. The Morgan fingerprint density at radius 3 is 2.50 bits per heavy atom. The van der Waals surface area contributed by atoms with E-state index in [9.17, 15) is 14.9 Å². The van der Waals surface area contributed by atoms with Crippen molar-refractivity contribution in [2.75, 3.05) is 0 Å². The first kappa shape index (κ1) is 11.4. The van der Waals surface area contributed by atoms with Crippen LogP contribution in [0.4, 0.5) is 5.69 Å². The lowest BCUT2D eigenvalue weighted by Crippen LogP contribution is -1.95. The van der Waals surface area contributed by atoms with Gasteiger partial charge in [-0.15, -0.1) is 0 Å². The molecule has 74 valence electrons. The summed E-state index contributed by atoms with van der Waals surface area (Å²) in [6.45, 7) is 0. The van der Waals surface area contributed by atoms with Crippen molar-refractivity contribution in [3.63, 3.8) is 0 Å². The third-order valence-corrected chi connectivity index (χ3v) is 3.02. The maximum absolute atomic E-state index is 10.8. The molecule has 1 aromatic rings. The number of nitro groups is 1. The Hall–Kier alpha value is -0.650. The summed E-state index contributed by atoms with van der Waals surface area (Å²) < 4.78 is 0.254. The molecule has 0 bridgehead atoms. The molecule has 0 fully saturated rings. The number of rotatable bonds is 2. The zero-order valence-corrected chi connectivity index (χ0v) is 9.56. The van der Waals surface area contributed by atoms with E-state index in [1.54, 1.807) is 0 Å². The van der Waals surface area contributed by atoms with E-state index >= 15 is 0 Å². The molecule has 0 unspecified atom stereocenters. The number of nitrogens with zero attached hydrogens (tertiary/aromatic N) is 1. The van der Waals surface area contributed by atoms with Crippen LogP contribution in [0.15, 0.2) is 16.6 Å². The van der Waals surface area contributed by atoms with Gasteiger partial charge >= 0.3 is 0 Å². The van der Waals surface area contributed by atoms with E-state index in [1.807, 2.05) is 0 Å². The van der Waals surface area contributed by atoms with Crippen LogP contribution in [0.3, 0.4) is 0 Å². The topological polar surface area (TPSA) is 60.2 Å². The first-order valence-electron chi connectivity index (χ1n) is 3.26. The lowest BCUT2D eigenvalue weighted by molar-refractivity contribution is -0.384. The number of carbonyl (C=O) groups excluding carboxylic acids is 1. The summed E-state index contributed by atoms with van der Waals surface area (Å²) in [6.07, 6.45) is 0. The predicted octanol–water partition coefficient (Wildman–Crippen LogP) is 3.39. The van der Waals surface area contributed by atoms with Gasteiger partial charge in [-0.2, -0.15) is 0 Å². The van der Waals surface area contributed by atoms with Gasteiger partial charge in [0.1, 0.15) is 0 Å². The Labute approximate surface area is 97.1 Å². The fourth-order valence-corrected chi connectivity index (χ4v) is 1.71. The first-order chi connectivity index (χ1) is 6.43. The van der Waals surface area contributed by atoms with Crippen LogP contribution in [0.2, 0.25) is 5.02 Å². The molecule has 4 nitrogen and oxygen atoms in total. The molecule has 7 heteroatoms. The van der Waals surface area contributed by atoms with E-state index in [2.05, 4.69) is 15.9 Å². The molecule has 0 aromatic heterocycles. The third kappa shape index (κ3) is 2.23. The van der Waals surface area contributed by atoms with Crippen LogP contribution in [0.25, 0.3) is 0 Å². The van der Waals surface area contributed by atoms with Crippen molar-refractivity contribution < 1.29 is 9.72 Å². The minimum atomic E-state index is -0.803. The number of halogens is 3. The van der Waals surface area contributed by atoms with Gasteiger partial charge < -0.3 is 0 Å². The van der Waals surface area contributed by atoms with Crippen LogP contribution >= 0.6 is 39.1 Å². The van der Waals surface area contributed by atoms with Crippen molar-refractivity contribution in [3.8, 4) is 0 Å². The van der Waals surface area contributed by atoms with Crippen LogP contribution < -0.4 is 0 Å². The highest BCUT2D eigenvalue weighted by atomic mass is 79.9. The highest BCUT2D eigenvalue weighted by Crippen LogP contribution is 2.31. The van der Waals surface area contributed by atoms with Gasteiger partial charge in [-0.3, -0.25) is 14.9 Å². The maximum atomic E-state index is 10.8. The average Bonchev–Trinajstić information content (AvgIpc) is 2.08. The highest BCUT2D eigenvalue weighted by Gasteiger charge is 2.17. The zero-order chi connectivity index (χ0) is 10.9. The van der Waals surface area contributed by atoms with Crippen molar-refractivity contribution in [1.29, 1.82) is 0 Å². The van der Waals surface area contributed by atoms with Gasteiger partial charge in [-0.1, -0.05) is 11.6 Å². The van der Waals surface area contributed by atoms with E-state index in [1.165, 1.54) is 0 Å². The molecule has 0 atom stereocenters. The number of benzene rings is 1. The molecule has 0 amide bonds. The predicted molar refractivity (Wildman–Crippen MR) is 56.0 cm³/mol. The minimum Gasteiger partial charge on any atom is -0.276 e. The van der Waals surface area contributed by atoms with E-state index in [4.69, 9.17) is 23.2 Å². The van der Waals surface area contributed by atoms with Crippen LogP contribution in [-0.4, -0.2) is 10.2 Å². The normalized spacial score (nSPS) is 9.93. The smallest absolute Gasteiger partial charge is 0.271 e. The summed E-state index contributed by atoms with van der Waals surface area (Å²) in [5, 5.41) is 9.69. The van der Waals surface area contributed by atoms with Gasteiger partial charge in [-0.25, -0.2) is 0 Å².